The summed E-state index contributed by atoms with van der Waals surface area (Å²) in [4.78, 5) is 27.4. The lowest BCUT2D eigenvalue weighted by Gasteiger charge is -2.43. The number of nitrogens with zero attached hydrogens (tertiary/aromatic N) is 1. The number of benzene rings is 1. The van der Waals surface area contributed by atoms with Crippen LogP contribution in [0, 0.1) is 0 Å². The SMILES string of the molecule is CCN(CC)C(=O)O[C@@]12C(=O)O[C@@H]3[C@@H](Sc4ccccc4)[C@@](C)(O[C@@]31C)C2(F)F. The van der Waals surface area contributed by atoms with Crippen molar-refractivity contribution in [3.63, 3.8) is 0 Å². The normalized spacial score (nSPS) is 38.8. The second kappa shape index (κ2) is 6.31. The molecule has 4 rings (SSSR count). The maximum absolute atomic E-state index is 15.9. The summed E-state index contributed by atoms with van der Waals surface area (Å²) >= 11 is 1.18. The number of halogens is 2. The lowest BCUT2D eigenvalue weighted by atomic mass is 9.69. The minimum absolute atomic E-state index is 0.261. The first-order valence-electron chi connectivity index (χ1n) is 9.57. The number of amides is 1. The van der Waals surface area contributed by atoms with E-state index in [0.29, 0.717) is 0 Å². The molecule has 1 aromatic rings. The third-order valence-electron chi connectivity index (χ3n) is 6.34. The molecule has 5 atom stereocenters. The van der Waals surface area contributed by atoms with Crippen LogP contribution in [0.1, 0.15) is 27.7 Å². The number of hydrogen-bond acceptors (Lipinski definition) is 6. The molecular formula is C20H23F2NO5S. The van der Waals surface area contributed by atoms with Gasteiger partial charge in [0.15, 0.2) is 17.3 Å². The van der Waals surface area contributed by atoms with Gasteiger partial charge in [-0.1, -0.05) is 18.2 Å². The molecule has 0 spiro atoms. The van der Waals surface area contributed by atoms with Gasteiger partial charge in [-0.25, -0.2) is 9.59 Å². The van der Waals surface area contributed by atoms with Crippen LogP contribution in [0.15, 0.2) is 35.2 Å². The number of esters is 1. The fourth-order valence-electron chi connectivity index (χ4n) is 4.72. The highest BCUT2D eigenvalue weighted by molar-refractivity contribution is 8.00. The highest BCUT2D eigenvalue weighted by Gasteiger charge is 2.97. The fraction of sp³-hybridized carbons (Fsp3) is 0.600. The Labute approximate surface area is 171 Å². The number of alkyl halides is 2. The predicted molar refractivity (Wildman–Crippen MR) is 101 cm³/mol. The first kappa shape index (κ1) is 20.4. The van der Waals surface area contributed by atoms with Gasteiger partial charge in [0.2, 0.25) is 0 Å². The van der Waals surface area contributed by atoms with E-state index >= 15 is 8.78 Å². The third kappa shape index (κ3) is 2.26. The summed E-state index contributed by atoms with van der Waals surface area (Å²) in [7, 11) is 0. The van der Waals surface area contributed by atoms with Gasteiger partial charge in [-0.2, -0.15) is 8.78 Å². The molecule has 1 amide bonds. The first-order chi connectivity index (χ1) is 13.6. The average molecular weight is 427 g/mol. The van der Waals surface area contributed by atoms with Crippen molar-refractivity contribution in [2.75, 3.05) is 13.1 Å². The van der Waals surface area contributed by atoms with Crippen molar-refractivity contribution in [3.05, 3.63) is 30.3 Å². The summed E-state index contributed by atoms with van der Waals surface area (Å²) in [5, 5.41) is -0.864. The zero-order valence-electron chi connectivity index (χ0n) is 16.6. The van der Waals surface area contributed by atoms with Gasteiger partial charge in [0.1, 0.15) is 0 Å². The van der Waals surface area contributed by atoms with E-state index in [4.69, 9.17) is 14.2 Å². The van der Waals surface area contributed by atoms with Gasteiger partial charge >= 0.3 is 23.6 Å². The topological polar surface area (TPSA) is 65.1 Å². The molecule has 0 aliphatic carbocycles. The molecule has 1 aromatic carbocycles. The minimum Gasteiger partial charge on any atom is -0.455 e. The summed E-state index contributed by atoms with van der Waals surface area (Å²) in [6.07, 6.45) is -1.96. The van der Waals surface area contributed by atoms with Gasteiger partial charge in [0.25, 0.3) is 0 Å². The van der Waals surface area contributed by atoms with Crippen LogP contribution in [-0.4, -0.2) is 64.1 Å². The van der Waals surface area contributed by atoms with Crippen LogP contribution < -0.4 is 0 Å². The molecule has 3 saturated heterocycles. The summed E-state index contributed by atoms with van der Waals surface area (Å²) in [5.41, 5.74) is -6.66. The van der Waals surface area contributed by atoms with Crippen LogP contribution in [0.5, 0.6) is 0 Å². The Morgan fingerprint density at radius 2 is 1.79 bits per heavy atom. The molecule has 0 unspecified atom stereocenters. The molecule has 0 radical (unpaired) electrons. The first-order valence-corrected chi connectivity index (χ1v) is 10.5. The Kier molecular flexibility index (Phi) is 4.44. The molecule has 3 aliphatic rings. The third-order valence-corrected chi connectivity index (χ3v) is 7.83. The quantitative estimate of drug-likeness (QED) is 0.671. The molecule has 0 saturated carbocycles. The van der Waals surface area contributed by atoms with Crippen LogP contribution >= 0.6 is 11.8 Å². The predicted octanol–water partition coefficient (Wildman–Crippen LogP) is 3.49. The monoisotopic (exact) mass is 427 g/mol. The van der Waals surface area contributed by atoms with Crippen molar-refractivity contribution in [3.8, 4) is 0 Å². The Morgan fingerprint density at radius 1 is 1.17 bits per heavy atom. The number of rotatable bonds is 5. The molecule has 158 valence electrons. The standard InChI is InChI=1S/C20H23F2NO5S/c1-5-23(6-2)16(25)27-19-15(24)26-13-14(29-12-10-8-7-9-11-12)18(4,20(19,21)22)28-17(13,19)3/h7-11,13-14H,5-6H2,1-4H3/t13-,14-,17+,18-,19+/m1/s1. The van der Waals surface area contributed by atoms with Gasteiger partial charge < -0.3 is 19.1 Å². The molecule has 2 bridgehead atoms. The second-order valence-corrected chi connectivity index (χ2v) is 9.00. The molecule has 3 heterocycles. The zero-order valence-corrected chi connectivity index (χ0v) is 17.4. The number of hydrogen-bond donors (Lipinski definition) is 0. The minimum atomic E-state index is -3.78. The van der Waals surface area contributed by atoms with Crippen LogP contribution in [0.2, 0.25) is 0 Å². The van der Waals surface area contributed by atoms with Crippen LogP contribution in [0.4, 0.5) is 13.6 Å². The number of fused-ring (bicyclic) bond motifs is 1. The van der Waals surface area contributed by atoms with E-state index in [9.17, 15) is 9.59 Å². The lowest BCUT2D eigenvalue weighted by Crippen LogP contribution is -2.71. The van der Waals surface area contributed by atoms with Crippen molar-refractivity contribution in [1.82, 2.24) is 4.90 Å². The van der Waals surface area contributed by atoms with E-state index in [1.54, 1.807) is 38.1 Å². The Hall–Kier alpha value is -1.87. The van der Waals surface area contributed by atoms with Crippen molar-refractivity contribution in [2.24, 2.45) is 0 Å². The lowest BCUT2D eigenvalue weighted by molar-refractivity contribution is -0.207. The summed E-state index contributed by atoms with van der Waals surface area (Å²) in [5.74, 6) is -5.04. The van der Waals surface area contributed by atoms with E-state index < -0.39 is 46.1 Å². The number of thioether (sulfide) groups is 1. The van der Waals surface area contributed by atoms with Gasteiger partial charge in [-0.3, -0.25) is 0 Å². The van der Waals surface area contributed by atoms with E-state index in [1.165, 1.54) is 30.5 Å². The van der Waals surface area contributed by atoms with Crippen molar-refractivity contribution in [1.29, 1.82) is 0 Å². The largest absolute Gasteiger partial charge is 0.455 e. The second-order valence-electron chi connectivity index (χ2n) is 7.79. The molecule has 3 aliphatic heterocycles. The highest BCUT2D eigenvalue weighted by atomic mass is 32.2. The number of ether oxygens (including phenoxy) is 3. The van der Waals surface area contributed by atoms with Crippen molar-refractivity contribution >= 4 is 23.8 Å². The van der Waals surface area contributed by atoms with Gasteiger partial charge in [0.05, 0.1) is 5.25 Å². The van der Waals surface area contributed by atoms with Crippen LogP contribution in [0.25, 0.3) is 0 Å². The Bertz CT molecular complexity index is 844. The maximum atomic E-state index is 15.9. The van der Waals surface area contributed by atoms with Gasteiger partial charge in [-0.15, -0.1) is 11.8 Å². The number of carbonyl (C=O) groups is 2. The van der Waals surface area contributed by atoms with E-state index in [2.05, 4.69) is 0 Å². The van der Waals surface area contributed by atoms with Crippen molar-refractivity contribution < 1.29 is 32.6 Å². The average Bonchev–Trinajstić information content (AvgIpc) is 3.06. The van der Waals surface area contributed by atoms with Crippen molar-refractivity contribution in [2.45, 2.75) is 66.7 Å². The molecule has 29 heavy (non-hydrogen) atoms. The molecule has 0 aromatic heterocycles. The Morgan fingerprint density at radius 3 is 2.38 bits per heavy atom. The summed E-state index contributed by atoms with van der Waals surface area (Å²) in [6.45, 7) is 6.56. The van der Waals surface area contributed by atoms with Gasteiger partial charge in [-0.05, 0) is 39.8 Å². The number of carbonyl (C=O) groups excluding carboxylic acids is 2. The highest BCUT2D eigenvalue weighted by Crippen LogP contribution is 2.71. The Balaban J connectivity index is 1.76. The molecule has 3 fully saturated rings. The maximum Gasteiger partial charge on any atom is 0.411 e. The van der Waals surface area contributed by atoms with E-state index in [1.807, 2.05) is 6.07 Å². The van der Waals surface area contributed by atoms with E-state index in [0.717, 1.165) is 4.90 Å². The summed E-state index contributed by atoms with van der Waals surface area (Å²) in [6, 6.07) is 9.02. The smallest absolute Gasteiger partial charge is 0.411 e. The van der Waals surface area contributed by atoms with Crippen LogP contribution in [-0.2, 0) is 19.0 Å². The summed E-state index contributed by atoms with van der Waals surface area (Å²) < 4.78 is 48.4. The van der Waals surface area contributed by atoms with Crippen LogP contribution in [0.3, 0.4) is 0 Å². The molecule has 9 heteroatoms. The van der Waals surface area contributed by atoms with Gasteiger partial charge in [0, 0.05) is 18.0 Å². The molecule has 0 N–H and O–H groups in total. The van der Waals surface area contributed by atoms with E-state index in [-0.39, 0.29) is 13.1 Å². The molecular weight excluding hydrogens is 404 g/mol. The zero-order chi connectivity index (χ0) is 21.2. The molecule has 6 nitrogen and oxygen atoms in total. The fourth-order valence-corrected chi connectivity index (χ4v) is 6.19.